The largest absolute Gasteiger partial charge is 0.329 e. The lowest BCUT2D eigenvalue weighted by Crippen LogP contribution is -3.13. The van der Waals surface area contributed by atoms with Gasteiger partial charge in [0.25, 0.3) is 0 Å². The van der Waals surface area contributed by atoms with Gasteiger partial charge in [-0.05, 0) is 30.3 Å². The summed E-state index contributed by atoms with van der Waals surface area (Å²) in [6, 6.07) is 6.80. The summed E-state index contributed by atoms with van der Waals surface area (Å²) in [6.07, 6.45) is 0. The molecule has 0 radical (unpaired) electrons. The molecule has 0 spiro atoms. The number of piperazine rings is 1. The quantitative estimate of drug-likeness (QED) is 0.843. The lowest BCUT2D eigenvalue weighted by molar-refractivity contribution is -0.917. The predicted octanol–water partition coefficient (Wildman–Crippen LogP) is 1.85. The molecule has 2 aromatic carbocycles. The second kappa shape index (κ2) is 7.56. The van der Waals surface area contributed by atoms with E-state index in [1.807, 2.05) is 0 Å². The Labute approximate surface area is 154 Å². The van der Waals surface area contributed by atoms with Gasteiger partial charge in [-0.3, -0.25) is 0 Å². The van der Waals surface area contributed by atoms with Gasteiger partial charge in [0.1, 0.15) is 28.9 Å². The summed E-state index contributed by atoms with van der Waals surface area (Å²) in [7, 11) is -4.12. The van der Waals surface area contributed by atoms with Crippen LogP contribution in [0.2, 0.25) is 5.02 Å². The highest BCUT2D eigenvalue weighted by molar-refractivity contribution is 7.89. The van der Waals surface area contributed by atoms with Gasteiger partial charge in [0.15, 0.2) is 0 Å². The molecule has 9 heteroatoms. The van der Waals surface area contributed by atoms with Crippen LogP contribution in [0.1, 0.15) is 5.56 Å². The zero-order valence-corrected chi connectivity index (χ0v) is 15.3. The average Bonchev–Trinajstić information content (AvgIpc) is 2.61. The number of rotatable bonds is 4. The highest BCUT2D eigenvalue weighted by Gasteiger charge is 2.33. The number of nitrogens with one attached hydrogen (secondary N) is 1. The van der Waals surface area contributed by atoms with Crippen molar-refractivity contribution in [3.63, 3.8) is 0 Å². The van der Waals surface area contributed by atoms with Gasteiger partial charge in [-0.25, -0.2) is 21.6 Å². The summed E-state index contributed by atoms with van der Waals surface area (Å²) in [4.78, 5) is 0.293. The number of nitrogens with zero attached hydrogens (tertiary/aromatic N) is 1. The molecule has 1 fully saturated rings. The molecule has 0 atom stereocenters. The topological polar surface area (TPSA) is 41.8 Å². The molecule has 1 aliphatic heterocycles. The van der Waals surface area contributed by atoms with Crippen LogP contribution < -0.4 is 4.90 Å². The zero-order valence-electron chi connectivity index (χ0n) is 13.7. The Kier molecular flexibility index (Phi) is 5.57. The average molecular weight is 406 g/mol. The summed E-state index contributed by atoms with van der Waals surface area (Å²) in [5.41, 5.74) is 0.386. The van der Waals surface area contributed by atoms with Crippen LogP contribution in [0, 0.1) is 17.5 Å². The van der Waals surface area contributed by atoms with Crippen molar-refractivity contribution >= 4 is 21.6 Å². The van der Waals surface area contributed by atoms with E-state index in [1.54, 1.807) is 6.07 Å². The maximum atomic E-state index is 13.9. The van der Waals surface area contributed by atoms with E-state index in [1.165, 1.54) is 12.1 Å². The van der Waals surface area contributed by atoms with Gasteiger partial charge >= 0.3 is 0 Å². The monoisotopic (exact) mass is 405 g/mol. The van der Waals surface area contributed by atoms with Crippen molar-refractivity contribution in [1.29, 1.82) is 0 Å². The molecular formula is C17H17ClF3N2O2S+. The first-order valence-electron chi connectivity index (χ1n) is 8.00. The van der Waals surface area contributed by atoms with E-state index in [4.69, 9.17) is 11.6 Å². The van der Waals surface area contributed by atoms with E-state index < -0.39 is 32.4 Å². The van der Waals surface area contributed by atoms with Crippen molar-refractivity contribution < 1.29 is 26.5 Å². The number of halogens is 4. The molecule has 0 aromatic heterocycles. The van der Waals surface area contributed by atoms with Gasteiger partial charge in [-0.2, -0.15) is 4.31 Å². The molecule has 0 unspecified atom stereocenters. The Balaban J connectivity index is 1.71. The van der Waals surface area contributed by atoms with Crippen LogP contribution in [0.4, 0.5) is 13.2 Å². The number of hydrogen-bond donors (Lipinski definition) is 1. The van der Waals surface area contributed by atoms with E-state index in [2.05, 4.69) is 0 Å². The fourth-order valence-corrected chi connectivity index (χ4v) is 4.73. The first kappa shape index (κ1) is 19.2. The van der Waals surface area contributed by atoms with Crippen LogP contribution in [-0.2, 0) is 16.6 Å². The summed E-state index contributed by atoms with van der Waals surface area (Å²) >= 11 is 6.03. The van der Waals surface area contributed by atoms with Crippen LogP contribution >= 0.6 is 11.6 Å². The second-order valence-electron chi connectivity index (χ2n) is 6.11. The smallest absolute Gasteiger partial charge is 0.246 e. The predicted molar refractivity (Wildman–Crippen MR) is 90.9 cm³/mol. The number of sulfonamides is 1. The Hall–Kier alpha value is -1.61. The molecule has 1 saturated heterocycles. The summed E-state index contributed by atoms with van der Waals surface area (Å²) in [6.45, 7) is 1.38. The third kappa shape index (κ3) is 3.88. The van der Waals surface area contributed by atoms with Gasteiger partial charge in [0.05, 0.1) is 36.8 Å². The Morgan fingerprint density at radius 3 is 2.38 bits per heavy atom. The fraction of sp³-hybridized carbons (Fsp3) is 0.294. The minimum Gasteiger partial charge on any atom is -0.329 e. The molecule has 1 aliphatic rings. The van der Waals surface area contributed by atoms with Gasteiger partial charge in [0.2, 0.25) is 10.0 Å². The van der Waals surface area contributed by atoms with Crippen LogP contribution in [-0.4, -0.2) is 38.9 Å². The molecule has 0 saturated carbocycles. The molecular weight excluding hydrogens is 389 g/mol. The second-order valence-corrected chi connectivity index (χ2v) is 8.42. The summed E-state index contributed by atoms with van der Waals surface area (Å²) in [5.74, 6) is -2.20. The molecule has 26 heavy (non-hydrogen) atoms. The highest BCUT2D eigenvalue weighted by atomic mass is 35.5. The van der Waals surface area contributed by atoms with E-state index in [0.717, 1.165) is 21.3 Å². The molecule has 0 bridgehead atoms. The van der Waals surface area contributed by atoms with Crippen LogP contribution in [0.5, 0.6) is 0 Å². The normalized spacial score (nSPS) is 16.8. The van der Waals surface area contributed by atoms with E-state index >= 15 is 0 Å². The fourth-order valence-electron chi connectivity index (χ4n) is 2.98. The number of quaternary nitrogens is 1. The van der Waals surface area contributed by atoms with Crippen LogP contribution in [0.3, 0.4) is 0 Å². The number of benzene rings is 2. The Bertz CT molecular complexity index is 896. The summed E-state index contributed by atoms with van der Waals surface area (Å²) < 4.78 is 67.3. The number of hydrogen-bond acceptors (Lipinski definition) is 2. The third-order valence-corrected chi connectivity index (χ3v) is 6.70. The molecule has 3 rings (SSSR count). The van der Waals surface area contributed by atoms with Crippen LogP contribution in [0.25, 0.3) is 0 Å². The first-order valence-corrected chi connectivity index (χ1v) is 9.82. The van der Waals surface area contributed by atoms with Crippen molar-refractivity contribution in [2.75, 3.05) is 26.2 Å². The van der Waals surface area contributed by atoms with Gasteiger partial charge < -0.3 is 4.90 Å². The molecule has 0 aliphatic carbocycles. The van der Waals surface area contributed by atoms with E-state index in [0.29, 0.717) is 36.3 Å². The van der Waals surface area contributed by atoms with Gasteiger partial charge in [-0.1, -0.05) is 17.7 Å². The molecule has 0 amide bonds. The zero-order chi connectivity index (χ0) is 18.9. The van der Waals surface area contributed by atoms with Gasteiger partial charge in [0, 0.05) is 0 Å². The molecule has 140 valence electrons. The lowest BCUT2D eigenvalue weighted by atomic mass is 10.2. The van der Waals surface area contributed by atoms with Crippen molar-refractivity contribution in [1.82, 2.24) is 4.31 Å². The van der Waals surface area contributed by atoms with Crippen molar-refractivity contribution in [3.8, 4) is 0 Å². The standard InChI is InChI=1S/C17H16ClF3N2O2S/c18-14-2-1-3-15(20)13(14)11-22-6-8-23(9-7-22)26(24,25)17-10-12(19)4-5-16(17)21/h1-5,10H,6-9,11H2/p+1. The maximum Gasteiger partial charge on any atom is 0.246 e. The molecule has 1 heterocycles. The maximum absolute atomic E-state index is 13.9. The van der Waals surface area contributed by atoms with E-state index in [-0.39, 0.29) is 13.1 Å². The molecule has 4 nitrogen and oxygen atoms in total. The minimum atomic E-state index is -4.12. The van der Waals surface area contributed by atoms with E-state index in [9.17, 15) is 21.6 Å². The third-order valence-electron chi connectivity index (χ3n) is 4.43. The Morgan fingerprint density at radius 1 is 1.04 bits per heavy atom. The van der Waals surface area contributed by atoms with Crippen molar-refractivity contribution in [2.24, 2.45) is 0 Å². The SMILES string of the molecule is O=S(=O)(c1cc(F)ccc1F)N1CC[NH+](Cc2c(F)cccc2Cl)CC1. The van der Waals surface area contributed by atoms with Crippen molar-refractivity contribution in [3.05, 3.63) is 64.4 Å². The minimum absolute atomic E-state index is 0.125. The van der Waals surface area contributed by atoms with Crippen LogP contribution in [0.15, 0.2) is 41.3 Å². The van der Waals surface area contributed by atoms with Gasteiger partial charge in [-0.15, -0.1) is 0 Å². The summed E-state index contributed by atoms with van der Waals surface area (Å²) in [5, 5.41) is 0.328. The van der Waals surface area contributed by atoms with Crippen molar-refractivity contribution in [2.45, 2.75) is 11.4 Å². The molecule has 2 aromatic rings. The highest BCUT2D eigenvalue weighted by Crippen LogP contribution is 2.21. The Morgan fingerprint density at radius 2 is 1.73 bits per heavy atom. The first-order chi connectivity index (χ1) is 12.3. The molecule has 1 N–H and O–H groups in total. The lowest BCUT2D eigenvalue weighted by Gasteiger charge is -2.31.